The van der Waals surface area contributed by atoms with Crippen molar-refractivity contribution in [3.8, 4) is 0 Å². The molecule has 0 atom stereocenters. The monoisotopic (exact) mass is 430 g/mol. The Morgan fingerprint density at radius 3 is 2.36 bits per heavy atom. The van der Waals surface area contributed by atoms with Crippen LogP contribution < -0.4 is 0 Å². The van der Waals surface area contributed by atoms with Gasteiger partial charge in [0.2, 0.25) is 10.0 Å². The number of halogens is 1. The highest BCUT2D eigenvalue weighted by Gasteiger charge is 2.43. The van der Waals surface area contributed by atoms with E-state index in [4.69, 9.17) is 4.74 Å². The van der Waals surface area contributed by atoms with Gasteiger partial charge in [0.1, 0.15) is 5.72 Å². The van der Waals surface area contributed by atoms with E-state index in [1.165, 1.54) is 4.31 Å². The second kappa shape index (κ2) is 9.49. The van der Waals surface area contributed by atoms with Crippen LogP contribution in [0.3, 0.4) is 0 Å². The summed E-state index contributed by atoms with van der Waals surface area (Å²) >= 11 is 3.35. The summed E-state index contributed by atoms with van der Waals surface area (Å²) in [4.78, 5) is 0.309. The maximum absolute atomic E-state index is 13.1. The first-order valence-corrected chi connectivity index (χ1v) is 11.3. The second-order valence-corrected chi connectivity index (χ2v) is 9.58. The number of hydrogen-bond acceptors (Lipinski definition) is 3. The molecular weight excluding hydrogens is 402 g/mol. The zero-order chi connectivity index (χ0) is 18.3. The Morgan fingerprint density at radius 2 is 1.76 bits per heavy atom. The van der Waals surface area contributed by atoms with Crippen LogP contribution in [-0.4, -0.2) is 32.1 Å². The smallest absolute Gasteiger partial charge is 0.245 e. The fourth-order valence-electron chi connectivity index (χ4n) is 3.36. The lowest BCUT2D eigenvalue weighted by Gasteiger charge is -2.43. The third-order valence-corrected chi connectivity index (χ3v) is 7.40. The standard InChI is InChI=1S/C19H29BrNO3S/c1-3-4-5-9-16-24-19(14-7-6-8-15-19)21(2)25(22,23)18-12-10-17(20)11-13-18/h10-13H,1,3-9,14-16H2,2H3. The lowest BCUT2D eigenvalue weighted by Crippen LogP contribution is -2.52. The van der Waals surface area contributed by atoms with E-state index in [1.807, 2.05) is 0 Å². The molecule has 0 N–H and O–H groups in total. The Bertz CT molecular complexity index is 625. The van der Waals surface area contributed by atoms with Gasteiger partial charge in [-0.05, 0) is 56.4 Å². The predicted octanol–water partition coefficient (Wildman–Crippen LogP) is 5.14. The van der Waals surface area contributed by atoms with Gasteiger partial charge in [0.15, 0.2) is 0 Å². The van der Waals surface area contributed by atoms with E-state index in [0.29, 0.717) is 11.5 Å². The van der Waals surface area contributed by atoms with Crippen molar-refractivity contribution >= 4 is 26.0 Å². The zero-order valence-electron chi connectivity index (χ0n) is 15.0. The molecule has 4 nitrogen and oxygen atoms in total. The number of sulfonamides is 1. The molecule has 1 aliphatic carbocycles. The molecule has 1 aromatic rings. The zero-order valence-corrected chi connectivity index (χ0v) is 17.4. The largest absolute Gasteiger partial charge is 0.359 e. The Balaban J connectivity index is 2.16. The molecule has 0 amide bonds. The molecule has 1 fully saturated rings. The minimum atomic E-state index is -3.58. The number of unbranched alkanes of at least 4 members (excludes halogenated alkanes) is 3. The van der Waals surface area contributed by atoms with Gasteiger partial charge in [-0.2, -0.15) is 4.31 Å². The first kappa shape index (κ1) is 20.9. The normalized spacial score (nSPS) is 17.8. The summed E-state index contributed by atoms with van der Waals surface area (Å²) in [5.41, 5.74) is -0.714. The summed E-state index contributed by atoms with van der Waals surface area (Å²) < 4.78 is 34.8. The van der Waals surface area contributed by atoms with Crippen molar-refractivity contribution in [3.05, 3.63) is 35.7 Å². The summed E-state index contributed by atoms with van der Waals surface area (Å²) in [7, 11) is -1.92. The molecule has 0 aliphatic heterocycles. The minimum absolute atomic E-state index is 0.309. The van der Waals surface area contributed by atoms with Crippen molar-refractivity contribution in [2.24, 2.45) is 0 Å². The van der Waals surface area contributed by atoms with Crippen molar-refractivity contribution in [1.82, 2.24) is 4.31 Å². The van der Waals surface area contributed by atoms with Crippen LogP contribution in [0.25, 0.3) is 0 Å². The van der Waals surface area contributed by atoms with Gasteiger partial charge < -0.3 is 4.74 Å². The molecule has 0 aromatic heterocycles. The van der Waals surface area contributed by atoms with Gasteiger partial charge in [-0.15, -0.1) is 0 Å². The van der Waals surface area contributed by atoms with Gasteiger partial charge in [-0.1, -0.05) is 48.5 Å². The maximum Gasteiger partial charge on any atom is 0.245 e. The van der Waals surface area contributed by atoms with Crippen molar-refractivity contribution in [2.75, 3.05) is 13.7 Å². The molecule has 141 valence electrons. The van der Waals surface area contributed by atoms with Crippen molar-refractivity contribution in [1.29, 1.82) is 0 Å². The molecule has 0 heterocycles. The van der Waals surface area contributed by atoms with Crippen LogP contribution in [0, 0.1) is 6.92 Å². The molecule has 0 bridgehead atoms. The Morgan fingerprint density at radius 1 is 1.12 bits per heavy atom. The van der Waals surface area contributed by atoms with Gasteiger partial charge in [-0.3, -0.25) is 0 Å². The third kappa shape index (κ3) is 5.28. The molecule has 6 heteroatoms. The lowest BCUT2D eigenvalue weighted by molar-refractivity contribution is -0.135. The van der Waals surface area contributed by atoms with Crippen LogP contribution in [0.5, 0.6) is 0 Å². The lowest BCUT2D eigenvalue weighted by atomic mass is 9.91. The Kier molecular flexibility index (Phi) is 7.92. The van der Waals surface area contributed by atoms with Crippen LogP contribution in [-0.2, 0) is 14.8 Å². The summed E-state index contributed by atoms with van der Waals surface area (Å²) in [5, 5.41) is 0. The maximum atomic E-state index is 13.1. The van der Waals surface area contributed by atoms with E-state index in [0.717, 1.165) is 62.3 Å². The first-order chi connectivity index (χ1) is 11.9. The van der Waals surface area contributed by atoms with Crippen molar-refractivity contribution in [3.63, 3.8) is 0 Å². The molecule has 1 saturated carbocycles. The first-order valence-electron chi connectivity index (χ1n) is 9.10. The highest BCUT2D eigenvalue weighted by Crippen LogP contribution is 2.37. The third-order valence-electron chi connectivity index (χ3n) is 4.95. The summed E-state index contributed by atoms with van der Waals surface area (Å²) in [5.74, 6) is 0. The summed E-state index contributed by atoms with van der Waals surface area (Å²) in [6, 6.07) is 6.79. The Labute approximate surface area is 161 Å². The van der Waals surface area contributed by atoms with E-state index in [2.05, 4.69) is 22.9 Å². The highest BCUT2D eigenvalue weighted by molar-refractivity contribution is 9.10. The Hall–Kier alpha value is -0.430. The van der Waals surface area contributed by atoms with Gasteiger partial charge in [0.25, 0.3) is 0 Å². The van der Waals surface area contributed by atoms with E-state index >= 15 is 0 Å². The average Bonchev–Trinajstić information content (AvgIpc) is 2.62. The van der Waals surface area contributed by atoms with E-state index in [9.17, 15) is 8.42 Å². The number of rotatable bonds is 9. The highest BCUT2D eigenvalue weighted by atomic mass is 79.9. The summed E-state index contributed by atoms with van der Waals surface area (Å²) in [6.07, 6.45) is 8.69. The quantitative estimate of drug-likeness (QED) is 0.402. The molecule has 1 radical (unpaired) electrons. The molecule has 0 spiro atoms. The molecule has 25 heavy (non-hydrogen) atoms. The number of ether oxygens (including phenoxy) is 1. The van der Waals surface area contributed by atoms with Crippen LogP contribution in [0.15, 0.2) is 33.6 Å². The SMILES string of the molecule is [CH2]CCCCCOC1(N(C)S(=O)(=O)c2ccc(Br)cc2)CCCCC1. The van der Waals surface area contributed by atoms with Crippen LogP contribution in [0.2, 0.25) is 0 Å². The van der Waals surface area contributed by atoms with Gasteiger partial charge >= 0.3 is 0 Å². The number of benzene rings is 1. The van der Waals surface area contributed by atoms with E-state index < -0.39 is 15.7 Å². The minimum Gasteiger partial charge on any atom is -0.359 e. The number of hydrogen-bond donors (Lipinski definition) is 0. The molecule has 0 unspecified atom stereocenters. The average molecular weight is 431 g/mol. The molecule has 1 aromatic carbocycles. The van der Waals surface area contributed by atoms with E-state index in [-0.39, 0.29) is 0 Å². The van der Waals surface area contributed by atoms with Crippen LogP contribution >= 0.6 is 15.9 Å². The van der Waals surface area contributed by atoms with Crippen molar-refractivity contribution in [2.45, 2.75) is 68.4 Å². The van der Waals surface area contributed by atoms with E-state index in [1.54, 1.807) is 31.3 Å². The molecule has 0 saturated heterocycles. The predicted molar refractivity (Wildman–Crippen MR) is 105 cm³/mol. The fraction of sp³-hybridized carbons (Fsp3) is 0.632. The number of nitrogens with zero attached hydrogens (tertiary/aromatic N) is 1. The molecule has 2 rings (SSSR count). The summed E-state index contributed by atoms with van der Waals surface area (Å²) in [6.45, 7) is 4.45. The molecular formula is C19H29BrNO3S. The second-order valence-electron chi connectivity index (χ2n) is 6.70. The van der Waals surface area contributed by atoms with Gasteiger partial charge in [-0.25, -0.2) is 8.42 Å². The van der Waals surface area contributed by atoms with Crippen LogP contribution in [0.1, 0.15) is 57.8 Å². The van der Waals surface area contributed by atoms with Gasteiger partial charge in [0, 0.05) is 18.1 Å². The topological polar surface area (TPSA) is 46.6 Å². The van der Waals surface area contributed by atoms with Crippen molar-refractivity contribution < 1.29 is 13.2 Å². The van der Waals surface area contributed by atoms with Crippen LogP contribution in [0.4, 0.5) is 0 Å². The molecule has 1 aliphatic rings. The fourth-order valence-corrected chi connectivity index (χ4v) is 5.09. The van der Waals surface area contributed by atoms with Gasteiger partial charge in [0.05, 0.1) is 4.90 Å².